The number of ether oxygens (including phenoxy) is 1. The standard InChI is InChI=1S/C21H20O13/c22-6-13-15(27)17(29)18(30)21(32-13)34-33-20-16(28)14-11(26)4-8(23)5-12(14)31-19(20)7-1-2-9(24)10(25)3-7/h1-5,13,15,17-18,21-27,29-30H,6H2. The van der Waals surface area contributed by atoms with Crippen LogP contribution < -0.4 is 10.3 Å². The molecule has 0 aliphatic carbocycles. The van der Waals surface area contributed by atoms with Crippen molar-refractivity contribution in [3.05, 3.63) is 40.6 Å². The number of phenols is 4. The normalized spacial score (nSPS) is 24.9. The lowest BCUT2D eigenvalue weighted by molar-refractivity contribution is -0.387. The highest BCUT2D eigenvalue weighted by molar-refractivity contribution is 5.88. The summed E-state index contributed by atoms with van der Waals surface area (Å²) in [6.07, 6.45) is -8.39. The zero-order valence-electron chi connectivity index (χ0n) is 17.1. The van der Waals surface area contributed by atoms with Gasteiger partial charge in [0.05, 0.1) is 6.61 Å². The second kappa shape index (κ2) is 8.98. The van der Waals surface area contributed by atoms with Crippen LogP contribution in [0.1, 0.15) is 0 Å². The first kappa shape index (κ1) is 23.6. The van der Waals surface area contributed by atoms with Crippen molar-refractivity contribution < 1.29 is 59.8 Å². The van der Waals surface area contributed by atoms with Crippen molar-refractivity contribution in [3.8, 4) is 40.1 Å². The number of aromatic hydroxyl groups is 4. The molecule has 1 aromatic heterocycles. The molecule has 2 heterocycles. The van der Waals surface area contributed by atoms with Crippen LogP contribution in [0.15, 0.2) is 39.5 Å². The van der Waals surface area contributed by atoms with E-state index >= 15 is 0 Å². The molecule has 0 radical (unpaired) electrons. The summed E-state index contributed by atoms with van der Waals surface area (Å²) in [7, 11) is 0. The average Bonchev–Trinajstić information content (AvgIpc) is 2.79. The minimum atomic E-state index is -1.85. The molecule has 2 aromatic carbocycles. The lowest BCUT2D eigenvalue weighted by Crippen LogP contribution is -2.59. The van der Waals surface area contributed by atoms with E-state index < -0.39 is 76.9 Å². The lowest BCUT2D eigenvalue weighted by atomic mass is 9.99. The van der Waals surface area contributed by atoms with Gasteiger partial charge in [0, 0.05) is 17.7 Å². The topological polar surface area (TPSA) is 220 Å². The Morgan fingerprint density at radius 1 is 0.882 bits per heavy atom. The van der Waals surface area contributed by atoms with Gasteiger partial charge in [0.25, 0.3) is 5.75 Å². The largest absolute Gasteiger partial charge is 0.508 e. The molecule has 8 N–H and O–H groups in total. The molecule has 0 saturated carbocycles. The van der Waals surface area contributed by atoms with Crippen LogP contribution in [0.2, 0.25) is 0 Å². The Morgan fingerprint density at radius 2 is 1.62 bits per heavy atom. The summed E-state index contributed by atoms with van der Waals surface area (Å²) in [5.74, 6) is -3.18. The molecule has 4 rings (SSSR count). The van der Waals surface area contributed by atoms with Gasteiger partial charge >= 0.3 is 0 Å². The number of aliphatic hydroxyl groups is 4. The summed E-state index contributed by atoms with van der Waals surface area (Å²) < 4.78 is 10.8. The lowest BCUT2D eigenvalue weighted by Gasteiger charge is -2.38. The minimum Gasteiger partial charge on any atom is -0.508 e. The van der Waals surface area contributed by atoms with Crippen molar-refractivity contribution >= 4 is 11.0 Å². The first-order chi connectivity index (χ1) is 16.1. The van der Waals surface area contributed by atoms with Gasteiger partial charge in [0.2, 0.25) is 11.7 Å². The molecule has 0 spiro atoms. The molecule has 13 heteroatoms. The molecule has 13 nitrogen and oxygen atoms in total. The number of aliphatic hydroxyl groups excluding tert-OH is 4. The van der Waals surface area contributed by atoms with Gasteiger partial charge in [0.1, 0.15) is 46.9 Å². The molecule has 1 aliphatic rings. The number of fused-ring (bicyclic) bond motifs is 1. The zero-order valence-corrected chi connectivity index (χ0v) is 17.1. The molecule has 3 aromatic rings. The van der Waals surface area contributed by atoms with Crippen molar-refractivity contribution in [2.75, 3.05) is 6.61 Å². The van der Waals surface area contributed by atoms with Crippen LogP contribution in [0, 0.1) is 0 Å². The van der Waals surface area contributed by atoms with E-state index in [9.17, 15) is 45.6 Å². The highest BCUT2D eigenvalue weighted by atomic mass is 17.2. The SMILES string of the molecule is O=c1c(OOC2OC(CO)C(O)C(O)C2O)c(-c2ccc(O)c(O)c2)oc2cc(O)cc(O)c12. The zero-order chi connectivity index (χ0) is 24.7. The fourth-order valence-corrected chi connectivity index (χ4v) is 3.44. The summed E-state index contributed by atoms with van der Waals surface area (Å²) >= 11 is 0. The Labute approximate surface area is 189 Å². The molecule has 0 amide bonds. The van der Waals surface area contributed by atoms with Crippen LogP contribution in [-0.4, -0.2) is 78.2 Å². The van der Waals surface area contributed by atoms with E-state index in [0.29, 0.717) is 0 Å². The summed E-state index contributed by atoms with van der Waals surface area (Å²) in [6, 6.07) is 5.30. The van der Waals surface area contributed by atoms with Crippen LogP contribution in [-0.2, 0) is 9.62 Å². The van der Waals surface area contributed by atoms with Gasteiger partial charge in [-0.1, -0.05) is 0 Å². The van der Waals surface area contributed by atoms with Crippen LogP contribution in [0.5, 0.6) is 28.7 Å². The summed E-state index contributed by atoms with van der Waals surface area (Å²) in [5.41, 5.74) is -1.25. The number of phenolic OH excluding ortho intramolecular Hbond substituents is 4. The molecule has 182 valence electrons. The summed E-state index contributed by atoms with van der Waals surface area (Å²) in [5, 5.41) is 78.1. The van der Waals surface area contributed by atoms with Crippen LogP contribution in [0.3, 0.4) is 0 Å². The first-order valence-corrected chi connectivity index (χ1v) is 9.81. The molecule has 34 heavy (non-hydrogen) atoms. The van der Waals surface area contributed by atoms with Gasteiger partial charge in [-0.15, -0.1) is 0 Å². The van der Waals surface area contributed by atoms with E-state index in [-0.39, 0.29) is 16.9 Å². The van der Waals surface area contributed by atoms with Crippen LogP contribution in [0.4, 0.5) is 0 Å². The highest BCUT2D eigenvalue weighted by Gasteiger charge is 2.45. The van der Waals surface area contributed by atoms with E-state index in [4.69, 9.17) is 18.9 Å². The number of rotatable bonds is 5. The van der Waals surface area contributed by atoms with Crippen molar-refractivity contribution in [3.63, 3.8) is 0 Å². The van der Waals surface area contributed by atoms with Crippen LogP contribution >= 0.6 is 0 Å². The van der Waals surface area contributed by atoms with E-state index in [2.05, 4.69) is 0 Å². The van der Waals surface area contributed by atoms with Gasteiger partial charge < -0.3 is 54.9 Å². The first-order valence-electron chi connectivity index (χ1n) is 9.81. The third-order valence-corrected chi connectivity index (χ3v) is 5.23. The maximum atomic E-state index is 13.1. The molecule has 5 unspecified atom stereocenters. The number of hydrogen-bond donors (Lipinski definition) is 8. The smallest absolute Gasteiger partial charge is 0.256 e. The predicted molar refractivity (Wildman–Crippen MR) is 110 cm³/mol. The monoisotopic (exact) mass is 480 g/mol. The fourth-order valence-electron chi connectivity index (χ4n) is 3.44. The molecular weight excluding hydrogens is 460 g/mol. The Kier molecular flexibility index (Phi) is 6.22. The molecule has 0 bridgehead atoms. The quantitative estimate of drug-likeness (QED) is 0.130. The van der Waals surface area contributed by atoms with Gasteiger partial charge in [0.15, 0.2) is 17.3 Å². The predicted octanol–water partition coefficient (Wildman–Crippen LogP) is -0.607. The van der Waals surface area contributed by atoms with Crippen LogP contribution in [0.25, 0.3) is 22.3 Å². The number of hydrogen-bond acceptors (Lipinski definition) is 13. The molecule has 1 aliphatic heterocycles. The molecule has 1 fully saturated rings. The van der Waals surface area contributed by atoms with E-state index in [1.807, 2.05) is 0 Å². The van der Waals surface area contributed by atoms with E-state index in [1.165, 1.54) is 6.07 Å². The maximum absolute atomic E-state index is 13.1. The Hall–Kier alpha value is -3.59. The Balaban J connectivity index is 1.79. The van der Waals surface area contributed by atoms with E-state index in [1.54, 1.807) is 0 Å². The third-order valence-electron chi connectivity index (χ3n) is 5.23. The van der Waals surface area contributed by atoms with Crippen molar-refractivity contribution in [1.29, 1.82) is 0 Å². The third kappa shape index (κ3) is 4.07. The maximum Gasteiger partial charge on any atom is 0.256 e. The fraction of sp³-hybridized carbons (Fsp3) is 0.286. The highest BCUT2D eigenvalue weighted by Crippen LogP contribution is 2.38. The van der Waals surface area contributed by atoms with Gasteiger partial charge in [-0.3, -0.25) is 4.79 Å². The van der Waals surface area contributed by atoms with Gasteiger partial charge in [-0.25, -0.2) is 0 Å². The second-order valence-corrected chi connectivity index (χ2v) is 7.51. The summed E-state index contributed by atoms with van der Waals surface area (Å²) in [6.45, 7) is -0.738. The second-order valence-electron chi connectivity index (χ2n) is 7.51. The molecule has 5 atom stereocenters. The van der Waals surface area contributed by atoms with Gasteiger partial charge in [-0.2, -0.15) is 4.89 Å². The van der Waals surface area contributed by atoms with Crippen molar-refractivity contribution in [2.45, 2.75) is 30.7 Å². The number of benzene rings is 2. The average molecular weight is 480 g/mol. The Bertz CT molecular complexity index is 1270. The van der Waals surface area contributed by atoms with E-state index in [0.717, 1.165) is 24.3 Å². The minimum absolute atomic E-state index is 0.00420. The summed E-state index contributed by atoms with van der Waals surface area (Å²) in [4.78, 5) is 23.2. The van der Waals surface area contributed by atoms with Crippen molar-refractivity contribution in [1.82, 2.24) is 0 Å². The molecule has 1 saturated heterocycles. The molecular formula is C21H20O13. The van der Waals surface area contributed by atoms with Gasteiger partial charge in [-0.05, 0) is 18.2 Å². The Morgan fingerprint density at radius 3 is 2.29 bits per heavy atom. The van der Waals surface area contributed by atoms with Crippen molar-refractivity contribution in [2.24, 2.45) is 0 Å².